The molecule has 0 rings (SSSR count). The first kappa shape index (κ1) is 11.9. The van der Waals surface area contributed by atoms with Crippen molar-refractivity contribution in [1.29, 1.82) is 0 Å². The standard InChI is InChI=1S/C10H22NO/c1-2-3-4-5-6-7-10(11)8-9-12/h10H,2-9,11H2,1H3. The van der Waals surface area contributed by atoms with Crippen LogP contribution in [0.4, 0.5) is 0 Å². The zero-order valence-corrected chi connectivity index (χ0v) is 8.22. The molecule has 2 heteroatoms. The van der Waals surface area contributed by atoms with E-state index < -0.39 is 0 Å². The van der Waals surface area contributed by atoms with Gasteiger partial charge >= 0.3 is 0 Å². The third-order valence-corrected chi connectivity index (χ3v) is 2.17. The van der Waals surface area contributed by atoms with Gasteiger partial charge in [0.1, 0.15) is 0 Å². The molecule has 0 saturated heterocycles. The first-order valence-corrected chi connectivity index (χ1v) is 5.15. The van der Waals surface area contributed by atoms with Crippen molar-refractivity contribution < 1.29 is 5.11 Å². The van der Waals surface area contributed by atoms with Crippen molar-refractivity contribution in [3.63, 3.8) is 0 Å². The SMILES string of the molecule is CCCCCCCC(N)CC[O]. The van der Waals surface area contributed by atoms with Crippen LogP contribution in [0.2, 0.25) is 0 Å². The molecular weight excluding hydrogens is 150 g/mol. The van der Waals surface area contributed by atoms with E-state index in [9.17, 15) is 5.11 Å². The Morgan fingerprint density at radius 2 is 1.75 bits per heavy atom. The van der Waals surface area contributed by atoms with Gasteiger partial charge in [-0.1, -0.05) is 39.0 Å². The maximum atomic E-state index is 10.2. The highest BCUT2D eigenvalue weighted by Crippen LogP contribution is 2.07. The van der Waals surface area contributed by atoms with Crippen molar-refractivity contribution in [2.45, 2.75) is 57.9 Å². The maximum absolute atomic E-state index is 10.2. The lowest BCUT2D eigenvalue weighted by atomic mass is 10.1. The number of rotatable bonds is 8. The summed E-state index contributed by atoms with van der Waals surface area (Å²) in [4.78, 5) is 0. The van der Waals surface area contributed by atoms with Crippen LogP contribution in [0, 0.1) is 0 Å². The minimum atomic E-state index is -0.0177. The molecule has 2 nitrogen and oxygen atoms in total. The van der Waals surface area contributed by atoms with Crippen molar-refractivity contribution in [2.24, 2.45) is 5.73 Å². The molecule has 0 amide bonds. The largest absolute Gasteiger partial charge is 0.328 e. The minimum Gasteiger partial charge on any atom is -0.328 e. The van der Waals surface area contributed by atoms with Gasteiger partial charge in [0.15, 0.2) is 0 Å². The summed E-state index contributed by atoms with van der Waals surface area (Å²) in [6.07, 6.45) is 8.09. The van der Waals surface area contributed by atoms with E-state index in [1.165, 1.54) is 32.1 Å². The number of hydrogen-bond donors (Lipinski definition) is 1. The van der Waals surface area contributed by atoms with Crippen LogP contribution in [0.5, 0.6) is 0 Å². The molecule has 2 N–H and O–H groups in total. The Kier molecular flexibility index (Phi) is 8.95. The quantitative estimate of drug-likeness (QED) is 0.562. The van der Waals surface area contributed by atoms with Crippen molar-refractivity contribution >= 4 is 0 Å². The Balaban J connectivity index is 2.97. The first-order chi connectivity index (χ1) is 5.81. The third-order valence-electron chi connectivity index (χ3n) is 2.17. The van der Waals surface area contributed by atoms with Gasteiger partial charge in [0.25, 0.3) is 0 Å². The molecule has 0 aliphatic carbocycles. The second kappa shape index (κ2) is 9.01. The molecule has 1 unspecified atom stereocenters. The van der Waals surface area contributed by atoms with Crippen molar-refractivity contribution in [1.82, 2.24) is 0 Å². The number of nitrogens with two attached hydrogens (primary N) is 1. The van der Waals surface area contributed by atoms with E-state index in [1.54, 1.807) is 0 Å². The van der Waals surface area contributed by atoms with Crippen LogP contribution in [0.15, 0.2) is 0 Å². The van der Waals surface area contributed by atoms with Crippen molar-refractivity contribution in [2.75, 3.05) is 6.61 Å². The average Bonchev–Trinajstić information content (AvgIpc) is 2.05. The summed E-state index contributed by atoms with van der Waals surface area (Å²) >= 11 is 0. The van der Waals surface area contributed by atoms with Gasteiger partial charge in [0.05, 0.1) is 6.61 Å². The van der Waals surface area contributed by atoms with E-state index in [4.69, 9.17) is 5.73 Å². The van der Waals surface area contributed by atoms with Gasteiger partial charge in [-0.2, -0.15) is 0 Å². The summed E-state index contributed by atoms with van der Waals surface area (Å²) in [7, 11) is 0. The molecule has 0 heterocycles. The van der Waals surface area contributed by atoms with E-state index in [1.807, 2.05) is 0 Å². The van der Waals surface area contributed by atoms with Crippen molar-refractivity contribution in [3.8, 4) is 0 Å². The molecule has 0 aliphatic rings. The van der Waals surface area contributed by atoms with Crippen LogP contribution >= 0.6 is 0 Å². The molecule has 12 heavy (non-hydrogen) atoms. The van der Waals surface area contributed by atoms with E-state index in [-0.39, 0.29) is 12.6 Å². The predicted octanol–water partition coefficient (Wildman–Crippen LogP) is 2.49. The van der Waals surface area contributed by atoms with Gasteiger partial charge in [0, 0.05) is 6.04 Å². The molecule has 0 spiro atoms. The Morgan fingerprint density at radius 1 is 1.08 bits per heavy atom. The van der Waals surface area contributed by atoms with Gasteiger partial charge in [0.2, 0.25) is 0 Å². The monoisotopic (exact) mass is 172 g/mol. The number of hydrogen-bond acceptors (Lipinski definition) is 1. The van der Waals surface area contributed by atoms with E-state index in [0.717, 1.165) is 6.42 Å². The Bertz CT molecular complexity index is 85.9. The Labute approximate surface area is 76.2 Å². The molecule has 0 fully saturated rings. The van der Waals surface area contributed by atoms with Crippen LogP contribution in [-0.2, 0) is 5.11 Å². The molecule has 1 radical (unpaired) electrons. The smallest absolute Gasteiger partial charge is 0.0837 e. The van der Waals surface area contributed by atoms with E-state index >= 15 is 0 Å². The van der Waals surface area contributed by atoms with Gasteiger partial charge in [-0.05, 0) is 12.8 Å². The van der Waals surface area contributed by atoms with Crippen molar-refractivity contribution in [3.05, 3.63) is 0 Å². The second-order valence-electron chi connectivity index (χ2n) is 3.46. The Morgan fingerprint density at radius 3 is 2.33 bits per heavy atom. The fraction of sp³-hybridized carbons (Fsp3) is 1.00. The lowest BCUT2D eigenvalue weighted by Crippen LogP contribution is -2.20. The summed E-state index contributed by atoms with van der Waals surface area (Å²) in [6.45, 7) is 2.19. The molecule has 1 atom stereocenters. The van der Waals surface area contributed by atoms with E-state index in [2.05, 4.69) is 6.92 Å². The predicted molar refractivity (Wildman–Crippen MR) is 51.5 cm³/mol. The molecular formula is C10H22NO. The Hall–Kier alpha value is -0.0800. The highest BCUT2D eigenvalue weighted by Gasteiger charge is 2.00. The van der Waals surface area contributed by atoms with Crippen LogP contribution in [-0.4, -0.2) is 12.6 Å². The summed E-state index contributed by atoms with van der Waals surface area (Å²) in [5.41, 5.74) is 5.70. The first-order valence-electron chi connectivity index (χ1n) is 5.15. The molecule has 73 valence electrons. The molecule has 0 aromatic heterocycles. The maximum Gasteiger partial charge on any atom is 0.0837 e. The zero-order valence-electron chi connectivity index (χ0n) is 8.22. The number of unbranched alkanes of at least 4 members (excludes halogenated alkanes) is 4. The molecule has 0 saturated carbocycles. The van der Waals surface area contributed by atoms with Gasteiger partial charge < -0.3 is 5.73 Å². The molecule has 0 aromatic carbocycles. The lowest BCUT2D eigenvalue weighted by Gasteiger charge is -2.08. The summed E-state index contributed by atoms with van der Waals surface area (Å²) in [5.74, 6) is 0. The fourth-order valence-corrected chi connectivity index (χ4v) is 1.31. The summed E-state index contributed by atoms with van der Waals surface area (Å²) < 4.78 is 0. The summed E-state index contributed by atoms with van der Waals surface area (Å²) in [6, 6.07) is 0.157. The van der Waals surface area contributed by atoms with E-state index in [0.29, 0.717) is 6.42 Å². The van der Waals surface area contributed by atoms with Crippen LogP contribution in [0.1, 0.15) is 51.9 Å². The zero-order chi connectivity index (χ0) is 9.23. The summed E-state index contributed by atoms with van der Waals surface area (Å²) in [5, 5.41) is 10.2. The highest BCUT2D eigenvalue weighted by atomic mass is 16.3. The van der Waals surface area contributed by atoms with Gasteiger partial charge in [-0.15, -0.1) is 0 Å². The normalized spacial score (nSPS) is 13.2. The minimum absolute atomic E-state index is 0.0177. The fourth-order valence-electron chi connectivity index (χ4n) is 1.31. The van der Waals surface area contributed by atoms with Gasteiger partial charge in [-0.3, -0.25) is 0 Å². The molecule has 0 aliphatic heterocycles. The molecule has 0 aromatic rings. The van der Waals surface area contributed by atoms with Crippen LogP contribution in [0.3, 0.4) is 0 Å². The second-order valence-corrected chi connectivity index (χ2v) is 3.46. The van der Waals surface area contributed by atoms with Crippen LogP contribution in [0.25, 0.3) is 0 Å². The third kappa shape index (κ3) is 8.02. The highest BCUT2D eigenvalue weighted by molar-refractivity contribution is 4.59. The average molecular weight is 172 g/mol. The van der Waals surface area contributed by atoms with Crippen LogP contribution < -0.4 is 5.73 Å². The lowest BCUT2D eigenvalue weighted by molar-refractivity contribution is 0.180. The molecule has 0 bridgehead atoms. The van der Waals surface area contributed by atoms with Gasteiger partial charge in [-0.25, -0.2) is 5.11 Å². The topological polar surface area (TPSA) is 45.9 Å².